The molecule has 0 aliphatic heterocycles. The number of carbonyl (C=O) groups excluding carboxylic acids is 6. The van der Waals surface area contributed by atoms with E-state index < -0.39 is 71.6 Å². The van der Waals surface area contributed by atoms with Gasteiger partial charge in [-0.1, -0.05) is 82.3 Å². The molecule has 3 rings (SSSR count). The number of para-hydroxylation sites is 1. The van der Waals surface area contributed by atoms with Crippen molar-refractivity contribution in [1.82, 2.24) is 36.9 Å². The van der Waals surface area contributed by atoms with Gasteiger partial charge in [0.1, 0.15) is 35.9 Å². The van der Waals surface area contributed by atoms with Gasteiger partial charge in [-0.15, -0.1) is 0 Å². The molecule has 3 aromatic rings. The summed E-state index contributed by atoms with van der Waals surface area (Å²) >= 11 is 0. The summed E-state index contributed by atoms with van der Waals surface area (Å²) in [6, 6.07) is 10.2. The number of aromatic amines is 1. The fraction of sp³-hybridized carbons (Fsp3) is 0.442. The predicted molar refractivity (Wildman–Crippen MR) is 231 cm³/mol. The number of hydrogen-bond donors (Lipinski definition) is 10. The van der Waals surface area contributed by atoms with E-state index in [1.54, 1.807) is 50.4 Å². The largest absolute Gasteiger partial charge is 0.480 e. The summed E-state index contributed by atoms with van der Waals surface area (Å²) in [5, 5.41) is 26.7. The fourth-order valence-corrected chi connectivity index (χ4v) is 6.53. The standard InChI is InChI=1S/C43H60N10O8/c1-7-30(37(55)53-35(42(60)61)22-28-23-47-31-17-12-11-16-29(28)31)49-40(58)34(21-27-14-9-8-10-15-27)52-39(57)33(20-24(2)3)51-38(56)32(18-13-19-46-43(44)45)50-41(59)36(25(4)5)48-26(6)54/h7-12,14-17,23-25,32-36,47H,13,18-22H2,1-6H3,(H,48,54)(H,49,58)(H,50,59)(H,51,56)(H,52,57)(H,53,55)(H,60,61)(H4,44,45,46)/b30-7+/t32-,33-,34+,35-,36-/m1/s1. The minimum atomic E-state index is -1.35. The maximum Gasteiger partial charge on any atom is 0.326 e. The van der Waals surface area contributed by atoms with E-state index in [2.05, 4.69) is 41.9 Å². The van der Waals surface area contributed by atoms with Gasteiger partial charge in [-0.05, 0) is 55.2 Å². The summed E-state index contributed by atoms with van der Waals surface area (Å²) in [6.45, 7) is 10.1. The van der Waals surface area contributed by atoms with E-state index in [0.717, 1.165) is 10.9 Å². The molecular weight excluding hydrogens is 785 g/mol. The van der Waals surface area contributed by atoms with E-state index in [1.807, 2.05) is 38.1 Å². The van der Waals surface area contributed by atoms with Crippen LogP contribution in [0.4, 0.5) is 0 Å². The number of fused-ring (bicyclic) bond motifs is 1. The molecule has 0 radical (unpaired) electrons. The Morgan fingerprint density at radius 2 is 1.38 bits per heavy atom. The van der Waals surface area contributed by atoms with Crippen LogP contribution in [0.2, 0.25) is 0 Å². The molecule has 0 unspecified atom stereocenters. The van der Waals surface area contributed by atoms with Crippen molar-refractivity contribution in [3.8, 4) is 0 Å². The number of carboxylic acids is 1. The highest BCUT2D eigenvalue weighted by atomic mass is 16.4. The van der Waals surface area contributed by atoms with Crippen LogP contribution < -0.4 is 43.4 Å². The maximum absolute atomic E-state index is 14.1. The molecule has 18 nitrogen and oxygen atoms in total. The number of nitrogens with zero attached hydrogens (tertiary/aromatic N) is 1. The van der Waals surface area contributed by atoms with Crippen molar-refractivity contribution in [2.24, 2.45) is 28.3 Å². The second-order valence-electron chi connectivity index (χ2n) is 15.5. The zero-order valence-electron chi connectivity index (χ0n) is 35.5. The number of H-pyrrole nitrogens is 1. The number of aromatic nitrogens is 1. The number of carboxylic acid groups (broad SMARTS) is 1. The van der Waals surface area contributed by atoms with Crippen molar-refractivity contribution in [2.45, 2.75) is 104 Å². The maximum atomic E-state index is 14.1. The minimum absolute atomic E-state index is 0.0130. The lowest BCUT2D eigenvalue weighted by Crippen LogP contribution is -2.59. The molecule has 12 N–H and O–H groups in total. The summed E-state index contributed by atoms with van der Waals surface area (Å²) < 4.78 is 0. The van der Waals surface area contributed by atoms with Gasteiger partial charge in [0.15, 0.2) is 5.96 Å². The topological polar surface area (TPSA) is 292 Å². The first kappa shape index (κ1) is 48.6. The molecule has 0 saturated carbocycles. The number of benzene rings is 2. The number of allylic oxidation sites excluding steroid dienone is 1. The quantitative estimate of drug-likeness (QED) is 0.0282. The highest BCUT2D eigenvalue weighted by Crippen LogP contribution is 2.19. The Bertz CT molecular complexity index is 2060. The summed E-state index contributed by atoms with van der Waals surface area (Å²) in [7, 11) is 0. The molecular formula is C43H60N10O8. The third-order valence-corrected chi connectivity index (χ3v) is 9.64. The summed E-state index contributed by atoms with van der Waals surface area (Å²) in [5.74, 6) is -5.94. The van der Waals surface area contributed by atoms with Crippen LogP contribution in [0.1, 0.15) is 71.9 Å². The van der Waals surface area contributed by atoms with Crippen molar-refractivity contribution in [3.63, 3.8) is 0 Å². The van der Waals surface area contributed by atoms with Gasteiger partial charge in [-0.25, -0.2) is 4.79 Å². The minimum Gasteiger partial charge on any atom is -0.480 e. The average molecular weight is 845 g/mol. The Kier molecular flexibility index (Phi) is 19.0. The number of amides is 6. The van der Waals surface area contributed by atoms with Crippen LogP contribution in [-0.4, -0.2) is 94.2 Å². The lowest BCUT2D eigenvalue weighted by atomic mass is 9.99. The van der Waals surface area contributed by atoms with Crippen molar-refractivity contribution in [3.05, 3.63) is 83.7 Å². The molecule has 5 atom stereocenters. The van der Waals surface area contributed by atoms with Gasteiger partial charge in [0.2, 0.25) is 29.5 Å². The molecule has 0 saturated heterocycles. The Labute approximate surface area is 355 Å². The lowest BCUT2D eigenvalue weighted by molar-refractivity contribution is -0.141. The van der Waals surface area contributed by atoms with Gasteiger partial charge in [-0.2, -0.15) is 0 Å². The summed E-state index contributed by atoms with van der Waals surface area (Å²) in [6.07, 6.45) is 3.44. The molecule has 0 aliphatic carbocycles. The number of rotatable bonds is 23. The van der Waals surface area contributed by atoms with Crippen molar-refractivity contribution >= 4 is 58.3 Å². The number of aliphatic carboxylic acids is 1. The van der Waals surface area contributed by atoms with E-state index in [-0.39, 0.29) is 62.1 Å². The Hall–Kier alpha value is -6.72. The number of hydrogen-bond acceptors (Lipinski definition) is 8. The molecule has 1 aromatic heterocycles. The Balaban J connectivity index is 1.84. The number of nitrogens with one attached hydrogen (secondary N) is 7. The predicted octanol–water partition coefficient (Wildman–Crippen LogP) is 1.26. The average Bonchev–Trinajstić information content (AvgIpc) is 3.61. The fourth-order valence-electron chi connectivity index (χ4n) is 6.53. The van der Waals surface area contributed by atoms with Crippen molar-refractivity contribution in [1.29, 1.82) is 0 Å². The van der Waals surface area contributed by atoms with Crippen LogP contribution in [-0.2, 0) is 46.4 Å². The second-order valence-corrected chi connectivity index (χ2v) is 15.5. The number of nitrogens with two attached hydrogens (primary N) is 2. The number of guanidine groups is 1. The summed E-state index contributed by atoms with van der Waals surface area (Å²) in [4.78, 5) is 100. The second kappa shape index (κ2) is 23.8. The molecule has 1 heterocycles. The smallest absolute Gasteiger partial charge is 0.326 e. The molecule has 6 amide bonds. The first-order valence-corrected chi connectivity index (χ1v) is 20.2. The van der Waals surface area contributed by atoms with Gasteiger partial charge in [0.05, 0.1) is 0 Å². The highest BCUT2D eigenvalue weighted by Gasteiger charge is 2.33. The molecule has 18 heteroatoms. The molecule has 2 aromatic carbocycles. The number of aliphatic imine (C=N–C) groups is 1. The first-order valence-electron chi connectivity index (χ1n) is 20.2. The van der Waals surface area contributed by atoms with E-state index in [1.165, 1.54) is 19.9 Å². The van der Waals surface area contributed by atoms with Crippen LogP contribution in [0.5, 0.6) is 0 Å². The van der Waals surface area contributed by atoms with Gasteiger partial charge in [0, 0.05) is 43.4 Å². The van der Waals surface area contributed by atoms with E-state index in [9.17, 15) is 38.7 Å². The summed E-state index contributed by atoms with van der Waals surface area (Å²) in [5.41, 5.74) is 12.8. The van der Waals surface area contributed by atoms with Gasteiger partial charge in [-0.3, -0.25) is 33.8 Å². The first-order chi connectivity index (χ1) is 28.9. The lowest BCUT2D eigenvalue weighted by Gasteiger charge is -2.28. The SMILES string of the molecule is C/C=C(/NC(=O)[C@H](Cc1ccccc1)NC(=O)[C@@H](CC(C)C)NC(=O)[C@@H](CCCN=C(N)N)NC(=O)[C@H](NC(C)=O)C(C)C)C(=O)N[C@H](Cc1c[nH]c2ccccc12)C(=O)O. The van der Waals surface area contributed by atoms with Gasteiger partial charge >= 0.3 is 5.97 Å². The van der Waals surface area contributed by atoms with E-state index in [4.69, 9.17) is 11.5 Å². The van der Waals surface area contributed by atoms with E-state index >= 15 is 0 Å². The van der Waals surface area contributed by atoms with E-state index in [0.29, 0.717) is 11.1 Å². The zero-order valence-corrected chi connectivity index (χ0v) is 35.5. The van der Waals surface area contributed by atoms with Gasteiger partial charge < -0.3 is 53.5 Å². The molecule has 0 spiro atoms. The zero-order chi connectivity index (χ0) is 45.2. The Morgan fingerprint density at radius 3 is 1.98 bits per heavy atom. The molecule has 0 fully saturated rings. The normalized spacial score (nSPS) is 13.9. The van der Waals surface area contributed by atoms with Crippen molar-refractivity contribution in [2.75, 3.05) is 6.54 Å². The number of carbonyl (C=O) groups is 7. The highest BCUT2D eigenvalue weighted by molar-refractivity contribution is 6.01. The van der Waals surface area contributed by atoms with Crippen LogP contribution in [0.3, 0.4) is 0 Å². The molecule has 330 valence electrons. The molecule has 61 heavy (non-hydrogen) atoms. The van der Waals surface area contributed by atoms with Gasteiger partial charge in [0.25, 0.3) is 5.91 Å². The third-order valence-electron chi connectivity index (χ3n) is 9.64. The molecule has 0 aliphatic rings. The van der Waals surface area contributed by atoms with Crippen LogP contribution in [0.25, 0.3) is 10.9 Å². The Morgan fingerprint density at radius 1 is 0.754 bits per heavy atom. The van der Waals surface area contributed by atoms with Crippen LogP contribution in [0.15, 0.2) is 77.6 Å². The monoisotopic (exact) mass is 844 g/mol. The third kappa shape index (κ3) is 15.8. The van der Waals surface area contributed by atoms with Crippen LogP contribution in [0, 0.1) is 11.8 Å². The van der Waals surface area contributed by atoms with Crippen LogP contribution >= 0.6 is 0 Å². The molecule has 0 bridgehead atoms. The van der Waals surface area contributed by atoms with Crippen molar-refractivity contribution < 1.29 is 38.7 Å².